The minimum absolute atomic E-state index is 0.134. The van der Waals surface area contributed by atoms with Crippen molar-refractivity contribution in [3.05, 3.63) is 56.9 Å². The molecule has 152 valence electrons. The van der Waals surface area contributed by atoms with Crippen LogP contribution in [0.5, 0.6) is 0 Å². The molecule has 29 heavy (non-hydrogen) atoms. The molecule has 0 aromatic carbocycles. The molecule has 3 aromatic rings. The smallest absolute Gasteiger partial charge is 0.343 e. The van der Waals surface area contributed by atoms with E-state index in [2.05, 4.69) is 30.8 Å². The van der Waals surface area contributed by atoms with Gasteiger partial charge in [-0.25, -0.2) is 9.97 Å². The molecule has 8 nitrogen and oxygen atoms in total. The lowest BCUT2D eigenvalue weighted by atomic mass is 10.2. The van der Waals surface area contributed by atoms with Gasteiger partial charge in [0.2, 0.25) is 0 Å². The van der Waals surface area contributed by atoms with Crippen LogP contribution in [0.25, 0.3) is 0 Å². The summed E-state index contributed by atoms with van der Waals surface area (Å²) in [7, 11) is 0. The Labute approximate surface area is 170 Å². The first-order chi connectivity index (χ1) is 13.6. The number of nitrogens with zero attached hydrogens (tertiary/aromatic N) is 3. The number of pyridine rings is 1. The number of thiazole rings is 1. The van der Waals surface area contributed by atoms with Crippen molar-refractivity contribution in [2.24, 2.45) is 0 Å². The van der Waals surface area contributed by atoms with E-state index in [1.807, 2.05) is 0 Å². The lowest BCUT2D eigenvalue weighted by Gasteiger charge is -2.10. The topological polar surface area (TPSA) is 113 Å². The van der Waals surface area contributed by atoms with Gasteiger partial charge in [-0.15, -0.1) is 11.3 Å². The second-order valence-corrected chi connectivity index (χ2v) is 7.22. The number of anilines is 1. The highest BCUT2D eigenvalue weighted by atomic mass is 35.5. The summed E-state index contributed by atoms with van der Waals surface area (Å²) in [6.45, 7) is 1.68. The number of nitrogens with one attached hydrogen (secondary N) is 3. The van der Waals surface area contributed by atoms with Crippen LogP contribution >= 0.6 is 22.9 Å². The van der Waals surface area contributed by atoms with Gasteiger partial charge in [-0.3, -0.25) is 14.7 Å². The standard InChI is InChI=1S/C16H12ClF3N6O2S/c1-7(25-13(27)8-3-23-24-4-8)15-22-6-11(29-15)14(28)26-12-2-9(16(18,19)20)10(17)5-21-12/h2-7H,1H3,(H,23,24)(H,25,27)(H,21,26,28)/t7-/m1/s1. The molecule has 0 aliphatic rings. The summed E-state index contributed by atoms with van der Waals surface area (Å²) in [5.74, 6) is -1.37. The van der Waals surface area contributed by atoms with Gasteiger partial charge in [0.25, 0.3) is 11.8 Å². The Bertz CT molecular complexity index is 1040. The number of aromatic nitrogens is 4. The summed E-state index contributed by atoms with van der Waals surface area (Å²) in [6, 6.07) is 0.144. The number of aromatic amines is 1. The first-order valence-corrected chi connectivity index (χ1v) is 9.14. The van der Waals surface area contributed by atoms with Crippen molar-refractivity contribution >= 4 is 40.6 Å². The van der Waals surface area contributed by atoms with E-state index in [1.54, 1.807) is 6.92 Å². The van der Waals surface area contributed by atoms with Gasteiger partial charge in [0, 0.05) is 12.4 Å². The van der Waals surface area contributed by atoms with Gasteiger partial charge in [0.1, 0.15) is 15.7 Å². The number of H-pyrrole nitrogens is 1. The largest absolute Gasteiger partial charge is 0.418 e. The maximum Gasteiger partial charge on any atom is 0.418 e. The van der Waals surface area contributed by atoms with Crippen LogP contribution in [0, 0.1) is 0 Å². The number of rotatable bonds is 5. The Kier molecular flexibility index (Phi) is 5.84. The molecule has 0 fully saturated rings. The number of hydrogen-bond acceptors (Lipinski definition) is 6. The Morgan fingerprint density at radius 3 is 2.62 bits per heavy atom. The molecule has 3 rings (SSSR count). The fourth-order valence-electron chi connectivity index (χ4n) is 2.21. The van der Waals surface area contributed by atoms with E-state index >= 15 is 0 Å². The molecular formula is C16H12ClF3N6O2S. The highest BCUT2D eigenvalue weighted by Gasteiger charge is 2.34. The third-order valence-electron chi connectivity index (χ3n) is 3.63. The van der Waals surface area contributed by atoms with Gasteiger partial charge in [0.05, 0.1) is 34.6 Å². The van der Waals surface area contributed by atoms with Gasteiger partial charge in [0.15, 0.2) is 0 Å². The SMILES string of the molecule is C[C@@H](NC(=O)c1cn[nH]c1)c1ncc(C(=O)Nc2cc(C(F)(F)F)c(Cl)cn2)s1. The molecule has 0 aliphatic carbocycles. The quantitative estimate of drug-likeness (QED) is 0.555. The molecule has 2 amide bonds. The molecule has 0 radical (unpaired) electrons. The summed E-state index contributed by atoms with van der Waals surface area (Å²) in [6.07, 6.45) is 0.177. The Morgan fingerprint density at radius 2 is 1.97 bits per heavy atom. The van der Waals surface area contributed by atoms with Crippen LogP contribution in [0.3, 0.4) is 0 Å². The maximum absolute atomic E-state index is 12.9. The van der Waals surface area contributed by atoms with Crippen molar-refractivity contribution in [1.82, 2.24) is 25.5 Å². The fourth-order valence-corrected chi connectivity index (χ4v) is 3.24. The zero-order valence-corrected chi connectivity index (χ0v) is 16.1. The molecule has 0 bridgehead atoms. The van der Waals surface area contributed by atoms with Gasteiger partial charge in [-0.05, 0) is 13.0 Å². The fraction of sp³-hybridized carbons (Fsp3) is 0.188. The summed E-state index contributed by atoms with van der Waals surface area (Å²) in [5, 5.41) is 11.0. The maximum atomic E-state index is 12.9. The van der Waals surface area contributed by atoms with E-state index in [1.165, 1.54) is 18.6 Å². The molecule has 0 aliphatic heterocycles. The first-order valence-electron chi connectivity index (χ1n) is 7.94. The number of alkyl halides is 3. The van der Waals surface area contributed by atoms with Gasteiger partial charge in [-0.2, -0.15) is 18.3 Å². The molecule has 13 heteroatoms. The van der Waals surface area contributed by atoms with Crippen LogP contribution in [-0.2, 0) is 6.18 Å². The molecule has 3 heterocycles. The van der Waals surface area contributed by atoms with Crippen LogP contribution in [-0.4, -0.2) is 32.0 Å². The molecule has 0 saturated heterocycles. The lowest BCUT2D eigenvalue weighted by Crippen LogP contribution is -2.26. The number of carbonyl (C=O) groups excluding carboxylic acids is 2. The highest BCUT2D eigenvalue weighted by molar-refractivity contribution is 7.13. The molecule has 0 spiro atoms. The van der Waals surface area contributed by atoms with E-state index in [-0.39, 0.29) is 16.6 Å². The van der Waals surface area contributed by atoms with Crippen molar-refractivity contribution in [3.63, 3.8) is 0 Å². The summed E-state index contributed by atoms with van der Waals surface area (Å²) in [4.78, 5) is 32.2. The summed E-state index contributed by atoms with van der Waals surface area (Å²) in [5.41, 5.74) is -0.773. The Balaban J connectivity index is 1.69. The molecule has 0 saturated carbocycles. The number of carbonyl (C=O) groups is 2. The second kappa shape index (κ2) is 8.17. The first kappa shape index (κ1) is 20.7. The third-order valence-corrected chi connectivity index (χ3v) is 5.11. The van der Waals surface area contributed by atoms with Crippen molar-refractivity contribution in [2.75, 3.05) is 5.32 Å². The van der Waals surface area contributed by atoms with Crippen LogP contribution in [0.4, 0.5) is 19.0 Å². The predicted molar refractivity (Wildman–Crippen MR) is 98.8 cm³/mol. The number of amides is 2. The minimum atomic E-state index is -4.68. The normalized spacial score (nSPS) is 12.4. The van der Waals surface area contributed by atoms with Crippen molar-refractivity contribution < 1.29 is 22.8 Å². The van der Waals surface area contributed by atoms with E-state index < -0.39 is 28.7 Å². The van der Waals surface area contributed by atoms with E-state index in [0.29, 0.717) is 16.6 Å². The average Bonchev–Trinajstić information content (AvgIpc) is 3.34. The van der Waals surface area contributed by atoms with Crippen molar-refractivity contribution in [3.8, 4) is 0 Å². The number of halogens is 4. The average molecular weight is 445 g/mol. The van der Waals surface area contributed by atoms with E-state index in [9.17, 15) is 22.8 Å². The molecule has 3 N–H and O–H groups in total. The number of hydrogen-bond donors (Lipinski definition) is 3. The molecular weight excluding hydrogens is 433 g/mol. The van der Waals surface area contributed by atoms with E-state index in [0.717, 1.165) is 17.5 Å². The summed E-state index contributed by atoms with van der Waals surface area (Å²) < 4.78 is 38.7. The third kappa shape index (κ3) is 4.90. The van der Waals surface area contributed by atoms with E-state index in [4.69, 9.17) is 11.6 Å². The van der Waals surface area contributed by atoms with Gasteiger partial charge < -0.3 is 10.6 Å². The van der Waals surface area contributed by atoms with Gasteiger partial charge in [-0.1, -0.05) is 11.6 Å². The lowest BCUT2D eigenvalue weighted by molar-refractivity contribution is -0.137. The van der Waals surface area contributed by atoms with Crippen LogP contribution in [0.1, 0.15) is 43.6 Å². The van der Waals surface area contributed by atoms with Crippen LogP contribution in [0.15, 0.2) is 30.9 Å². The molecule has 0 unspecified atom stereocenters. The monoisotopic (exact) mass is 444 g/mol. The van der Waals surface area contributed by atoms with Crippen LogP contribution in [0.2, 0.25) is 5.02 Å². The Morgan fingerprint density at radius 1 is 1.21 bits per heavy atom. The Hall–Kier alpha value is -2.99. The second-order valence-electron chi connectivity index (χ2n) is 5.75. The van der Waals surface area contributed by atoms with Crippen molar-refractivity contribution in [2.45, 2.75) is 19.1 Å². The zero-order valence-electron chi connectivity index (χ0n) is 14.5. The molecule has 3 aromatic heterocycles. The van der Waals surface area contributed by atoms with Crippen LogP contribution < -0.4 is 10.6 Å². The zero-order chi connectivity index (χ0) is 21.2. The van der Waals surface area contributed by atoms with Crippen molar-refractivity contribution in [1.29, 1.82) is 0 Å². The minimum Gasteiger partial charge on any atom is -0.343 e. The highest BCUT2D eigenvalue weighted by Crippen LogP contribution is 2.35. The molecule has 1 atom stereocenters. The van der Waals surface area contributed by atoms with Gasteiger partial charge >= 0.3 is 6.18 Å². The predicted octanol–water partition coefficient (Wildman–Crippen LogP) is 3.68. The summed E-state index contributed by atoms with van der Waals surface area (Å²) >= 11 is 6.49.